The van der Waals surface area contributed by atoms with Crippen molar-refractivity contribution in [3.05, 3.63) is 98.5 Å². The monoisotopic (exact) mass is 466 g/mol. The van der Waals surface area contributed by atoms with E-state index in [1.54, 1.807) is 30.4 Å². The minimum absolute atomic E-state index is 0.175. The molecule has 0 fully saturated rings. The number of rotatable bonds is 12. The number of hydrogen-bond donors (Lipinski definition) is 2. The van der Waals surface area contributed by atoms with Crippen LogP contribution in [0.3, 0.4) is 0 Å². The predicted molar refractivity (Wildman–Crippen MR) is 135 cm³/mol. The standard InChI is InChI=1S/2C13H15NO3/c1-3-11-5-7-12(8-6-11)14-13(15)17-10-9-16-4-2;1-3-11-7-5-6-8-12(11)14-13(15)17-10-9-16-4-2/h2*3-8H,1-2,9-10H2,(H,14,15). The highest BCUT2D eigenvalue weighted by molar-refractivity contribution is 5.87. The maximum Gasteiger partial charge on any atom is 0.411 e. The van der Waals surface area contributed by atoms with Crippen molar-refractivity contribution >= 4 is 35.7 Å². The third-order valence-corrected chi connectivity index (χ3v) is 3.91. The number of anilines is 2. The van der Waals surface area contributed by atoms with E-state index in [-0.39, 0.29) is 13.2 Å². The van der Waals surface area contributed by atoms with E-state index in [1.165, 1.54) is 12.5 Å². The average molecular weight is 467 g/mol. The molecule has 0 aliphatic rings. The van der Waals surface area contributed by atoms with Crippen LogP contribution >= 0.6 is 0 Å². The van der Waals surface area contributed by atoms with Crippen molar-refractivity contribution in [1.82, 2.24) is 0 Å². The van der Waals surface area contributed by atoms with E-state index in [1.807, 2.05) is 30.3 Å². The second-order valence-electron chi connectivity index (χ2n) is 6.21. The molecule has 180 valence electrons. The lowest BCUT2D eigenvalue weighted by molar-refractivity contribution is 0.123. The Kier molecular flexibility index (Phi) is 13.9. The molecular formula is C26H30N2O6. The number of ether oxygens (including phenoxy) is 4. The fraction of sp³-hybridized carbons (Fsp3) is 0.154. The first-order chi connectivity index (χ1) is 16.5. The second kappa shape index (κ2) is 17.1. The summed E-state index contributed by atoms with van der Waals surface area (Å²) in [4.78, 5) is 22.7. The average Bonchev–Trinajstić information content (AvgIpc) is 2.86. The molecule has 0 aromatic heterocycles. The van der Waals surface area contributed by atoms with Crippen molar-refractivity contribution in [3.63, 3.8) is 0 Å². The molecule has 8 nitrogen and oxygen atoms in total. The number of benzene rings is 2. The van der Waals surface area contributed by atoms with Gasteiger partial charge in [-0.1, -0.05) is 68.8 Å². The van der Waals surface area contributed by atoms with Gasteiger partial charge in [-0.25, -0.2) is 9.59 Å². The van der Waals surface area contributed by atoms with Crippen LogP contribution in [0.15, 0.2) is 87.4 Å². The molecule has 0 saturated carbocycles. The Morgan fingerprint density at radius 1 is 0.706 bits per heavy atom. The molecule has 0 heterocycles. The molecule has 34 heavy (non-hydrogen) atoms. The summed E-state index contributed by atoms with van der Waals surface area (Å²) in [6.07, 6.45) is 4.96. The van der Waals surface area contributed by atoms with Crippen molar-refractivity contribution in [3.8, 4) is 0 Å². The van der Waals surface area contributed by atoms with Crippen molar-refractivity contribution in [2.24, 2.45) is 0 Å². The molecule has 0 radical (unpaired) electrons. The highest BCUT2D eigenvalue weighted by Gasteiger charge is 2.05. The lowest BCUT2D eigenvalue weighted by atomic mass is 10.2. The van der Waals surface area contributed by atoms with Crippen LogP contribution in [-0.4, -0.2) is 38.6 Å². The summed E-state index contributed by atoms with van der Waals surface area (Å²) in [6.45, 7) is 15.0. The van der Waals surface area contributed by atoms with Crippen LogP contribution in [0.25, 0.3) is 12.2 Å². The molecule has 0 aliphatic heterocycles. The molecule has 0 aliphatic carbocycles. The summed E-state index contributed by atoms with van der Waals surface area (Å²) in [6, 6.07) is 14.6. The van der Waals surface area contributed by atoms with Gasteiger partial charge in [0.15, 0.2) is 0 Å². The van der Waals surface area contributed by atoms with Crippen molar-refractivity contribution in [2.75, 3.05) is 37.1 Å². The largest absolute Gasteiger partial charge is 0.498 e. The normalized spacial score (nSPS) is 9.18. The zero-order valence-electron chi connectivity index (χ0n) is 19.0. The summed E-state index contributed by atoms with van der Waals surface area (Å²) >= 11 is 0. The van der Waals surface area contributed by atoms with E-state index >= 15 is 0 Å². The molecule has 0 saturated heterocycles. The van der Waals surface area contributed by atoms with E-state index in [2.05, 4.69) is 36.9 Å². The Morgan fingerprint density at radius 2 is 1.26 bits per heavy atom. The zero-order chi connectivity index (χ0) is 25.0. The highest BCUT2D eigenvalue weighted by atomic mass is 16.6. The van der Waals surface area contributed by atoms with Crippen molar-refractivity contribution < 1.29 is 28.5 Å². The second-order valence-corrected chi connectivity index (χ2v) is 6.21. The summed E-state index contributed by atoms with van der Waals surface area (Å²) in [5.74, 6) is 0. The maximum absolute atomic E-state index is 11.4. The van der Waals surface area contributed by atoms with Gasteiger partial charge in [0.2, 0.25) is 0 Å². The van der Waals surface area contributed by atoms with E-state index in [0.29, 0.717) is 24.6 Å². The van der Waals surface area contributed by atoms with Gasteiger partial charge >= 0.3 is 12.2 Å². The number of para-hydroxylation sites is 1. The van der Waals surface area contributed by atoms with Gasteiger partial charge in [0, 0.05) is 5.69 Å². The van der Waals surface area contributed by atoms with E-state index < -0.39 is 12.2 Å². The number of carbonyl (C=O) groups is 2. The van der Waals surface area contributed by atoms with E-state index in [4.69, 9.17) is 18.9 Å². The summed E-state index contributed by atoms with van der Waals surface area (Å²) in [7, 11) is 0. The number of amides is 2. The lowest BCUT2D eigenvalue weighted by Crippen LogP contribution is -2.16. The third-order valence-electron chi connectivity index (χ3n) is 3.91. The molecule has 0 spiro atoms. The Hall–Kier alpha value is -4.46. The topological polar surface area (TPSA) is 95.1 Å². The molecular weight excluding hydrogens is 436 g/mol. The van der Waals surface area contributed by atoms with Crippen LogP contribution in [0, 0.1) is 0 Å². The summed E-state index contributed by atoms with van der Waals surface area (Å²) in [5.41, 5.74) is 3.16. The van der Waals surface area contributed by atoms with Gasteiger partial charge in [0.05, 0.1) is 18.2 Å². The van der Waals surface area contributed by atoms with Crippen molar-refractivity contribution in [2.45, 2.75) is 0 Å². The van der Waals surface area contributed by atoms with Crippen LogP contribution in [0.1, 0.15) is 11.1 Å². The first-order valence-corrected chi connectivity index (χ1v) is 10.3. The van der Waals surface area contributed by atoms with Gasteiger partial charge in [0.1, 0.15) is 26.4 Å². The molecule has 2 amide bonds. The van der Waals surface area contributed by atoms with Crippen LogP contribution in [0.5, 0.6) is 0 Å². The highest BCUT2D eigenvalue weighted by Crippen LogP contribution is 2.16. The van der Waals surface area contributed by atoms with E-state index in [0.717, 1.165) is 11.1 Å². The van der Waals surface area contributed by atoms with Crippen LogP contribution in [0.2, 0.25) is 0 Å². The third kappa shape index (κ3) is 11.8. The van der Waals surface area contributed by atoms with Crippen LogP contribution in [0.4, 0.5) is 21.0 Å². The van der Waals surface area contributed by atoms with Gasteiger partial charge in [0.25, 0.3) is 0 Å². The maximum atomic E-state index is 11.4. The fourth-order valence-corrected chi connectivity index (χ4v) is 2.32. The first kappa shape index (κ1) is 27.6. The molecule has 2 rings (SSSR count). The minimum atomic E-state index is -0.521. The Bertz CT molecular complexity index is 941. The van der Waals surface area contributed by atoms with Gasteiger partial charge in [-0.3, -0.25) is 10.6 Å². The van der Waals surface area contributed by atoms with Crippen LogP contribution < -0.4 is 10.6 Å². The number of carbonyl (C=O) groups excluding carboxylic acids is 2. The zero-order valence-corrected chi connectivity index (χ0v) is 19.0. The number of nitrogens with one attached hydrogen (secondary N) is 2. The Morgan fingerprint density at radius 3 is 1.79 bits per heavy atom. The Labute approximate surface area is 200 Å². The van der Waals surface area contributed by atoms with Crippen LogP contribution in [-0.2, 0) is 18.9 Å². The SMILES string of the molecule is C=COCCOC(=O)Nc1ccc(C=C)cc1.C=COCCOC(=O)Nc1ccccc1C=C. The van der Waals surface area contributed by atoms with E-state index in [9.17, 15) is 9.59 Å². The Balaban J connectivity index is 0.000000340. The quantitative estimate of drug-likeness (QED) is 0.291. The predicted octanol–water partition coefficient (Wildman–Crippen LogP) is 6.08. The summed E-state index contributed by atoms with van der Waals surface area (Å²) in [5, 5.41) is 5.22. The van der Waals surface area contributed by atoms with Crippen molar-refractivity contribution in [1.29, 1.82) is 0 Å². The first-order valence-electron chi connectivity index (χ1n) is 10.3. The minimum Gasteiger partial charge on any atom is -0.498 e. The van der Waals surface area contributed by atoms with Gasteiger partial charge in [-0.15, -0.1) is 0 Å². The molecule has 8 heteroatoms. The lowest BCUT2D eigenvalue weighted by Gasteiger charge is -2.08. The van der Waals surface area contributed by atoms with Gasteiger partial charge in [-0.05, 0) is 29.3 Å². The molecule has 2 aromatic carbocycles. The fourth-order valence-electron chi connectivity index (χ4n) is 2.32. The van der Waals surface area contributed by atoms with Gasteiger partial charge < -0.3 is 18.9 Å². The van der Waals surface area contributed by atoms with Gasteiger partial charge in [-0.2, -0.15) is 0 Å². The smallest absolute Gasteiger partial charge is 0.411 e. The number of hydrogen-bond acceptors (Lipinski definition) is 6. The molecule has 2 N–H and O–H groups in total. The molecule has 0 bridgehead atoms. The molecule has 0 unspecified atom stereocenters. The molecule has 2 aromatic rings. The molecule has 0 atom stereocenters. The summed E-state index contributed by atoms with van der Waals surface area (Å²) < 4.78 is 19.4.